The molecule has 8 nitrogen and oxygen atoms in total. The Kier molecular flexibility index (Phi) is 7.04. The summed E-state index contributed by atoms with van der Waals surface area (Å²) in [5.74, 6) is 0.00281. The second-order valence-electron chi connectivity index (χ2n) is 5.12. The molecular formula is C14H21ClN2O6. The lowest BCUT2D eigenvalue weighted by Gasteiger charge is -2.42. The van der Waals surface area contributed by atoms with Crippen LogP contribution in [0.5, 0.6) is 5.75 Å². The van der Waals surface area contributed by atoms with E-state index in [1.807, 2.05) is 0 Å². The second kappa shape index (κ2) is 8.32. The van der Waals surface area contributed by atoms with E-state index in [2.05, 4.69) is 5.32 Å². The Morgan fingerprint density at radius 1 is 1.30 bits per heavy atom. The summed E-state index contributed by atoms with van der Waals surface area (Å²) in [5.41, 5.74) is 6.14. The van der Waals surface area contributed by atoms with Gasteiger partial charge in [0.25, 0.3) is 0 Å². The highest BCUT2D eigenvalue weighted by atomic mass is 35.5. The third-order valence-electron chi connectivity index (χ3n) is 3.38. The number of anilines is 1. The summed E-state index contributed by atoms with van der Waals surface area (Å²) in [6.07, 6.45) is -4.76. The molecule has 1 amide bonds. The molecule has 23 heavy (non-hydrogen) atoms. The molecule has 6 N–H and O–H groups in total. The normalized spacial score (nSPS) is 30.2. The Bertz CT molecular complexity index is 514. The molecule has 3 unspecified atom stereocenters. The summed E-state index contributed by atoms with van der Waals surface area (Å²) < 4.78 is 11.0. The van der Waals surface area contributed by atoms with Gasteiger partial charge < -0.3 is 35.8 Å². The van der Waals surface area contributed by atoms with Gasteiger partial charge in [-0.1, -0.05) is 0 Å². The van der Waals surface area contributed by atoms with Crippen LogP contribution in [0.15, 0.2) is 24.3 Å². The number of rotatable bonds is 4. The van der Waals surface area contributed by atoms with Crippen LogP contribution in [0, 0.1) is 0 Å². The fraction of sp³-hybridized carbons (Fsp3) is 0.500. The molecule has 1 fully saturated rings. The molecule has 9 heteroatoms. The number of nitrogens with one attached hydrogen (secondary N) is 1. The van der Waals surface area contributed by atoms with E-state index in [1.54, 1.807) is 24.3 Å². The Morgan fingerprint density at radius 2 is 1.91 bits per heavy atom. The molecule has 1 aromatic rings. The van der Waals surface area contributed by atoms with Crippen LogP contribution >= 0.6 is 12.4 Å². The van der Waals surface area contributed by atoms with Gasteiger partial charge in [0.15, 0.2) is 0 Å². The van der Waals surface area contributed by atoms with E-state index >= 15 is 0 Å². The number of carbonyl (C=O) groups excluding carboxylic acids is 1. The third-order valence-corrected chi connectivity index (χ3v) is 3.38. The van der Waals surface area contributed by atoms with E-state index in [1.165, 1.54) is 6.92 Å². The van der Waals surface area contributed by atoms with Gasteiger partial charge in [-0.15, -0.1) is 12.4 Å². The van der Waals surface area contributed by atoms with Gasteiger partial charge >= 0.3 is 0 Å². The SMILES string of the molecule is CC(=O)NC1C(O)[C@@H](O)C(CO)O[C@H]1Oc1ccc(N)cc1.Cl. The highest BCUT2D eigenvalue weighted by molar-refractivity contribution is 5.85. The molecule has 2 rings (SSSR count). The molecule has 0 aromatic heterocycles. The van der Waals surface area contributed by atoms with Crippen molar-refractivity contribution in [3.05, 3.63) is 24.3 Å². The first-order valence-electron chi connectivity index (χ1n) is 6.84. The Morgan fingerprint density at radius 3 is 2.43 bits per heavy atom. The fourth-order valence-corrected chi connectivity index (χ4v) is 2.25. The maximum atomic E-state index is 11.3. The number of halogens is 1. The number of nitrogens with two attached hydrogens (primary N) is 1. The largest absolute Gasteiger partial charge is 0.463 e. The van der Waals surface area contributed by atoms with Gasteiger partial charge in [0, 0.05) is 12.6 Å². The zero-order valence-corrected chi connectivity index (χ0v) is 13.3. The van der Waals surface area contributed by atoms with E-state index in [4.69, 9.17) is 15.2 Å². The molecule has 1 heterocycles. The van der Waals surface area contributed by atoms with Crippen LogP contribution in [0.2, 0.25) is 0 Å². The van der Waals surface area contributed by atoms with Gasteiger partial charge in [-0.25, -0.2) is 0 Å². The van der Waals surface area contributed by atoms with Gasteiger partial charge in [-0.2, -0.15) is 0 Å². The summed E-state index contributed by atoms with van der Waals surface area (Å²) in [6, 6.07) is 5.48. The Balaban J connectivity index is 0.00000264. The average Bonchev–Trinajstić information content (AvgIpc) is 2.48. The monoisotopic (exact) mass is 348 g/mol. The lowest BCUT2D eigenvalue weighted by atomic mass is 9.97. The summed E-state index contributed by atoms with van der Waals surface area (Å²) in [4.78, 5) is 11.3. The molecule has 0 spiro atoms. The molecule has 0 bridgehead atoms. The van der Waals surface area contributed by atoms with Gasteiger partial charge in [0.2, 0.25) is 12.2 Å². The van der Waals surface area contributed by atoms with Crippen molar-refractivity contribution in [1.82, 2.24) is 5.32 Å². The number of amides is 1. The van der Waals surface area contributed by atoms with E-state index in [9.17, 15) is 20.1 Å². The molecule has 0 saturated carbocycles. The number of ether oxygens (including phenoxy) is 2. The minimum Gasteiger partial charge on any atom is -0.463 e. The number of carbonyl (C=O) groups is 1. The van der Waals surface area contributed by atoms with Crippen LogP contribution < -0.4 is 15.8 Å². The van der Waals surface area contributed by atoms with Crippen molar-refractivity contribution in [1.29, 1.82) is 0 Å². The first kappa shape index (κ1) is 19.5. The van der Waals surface area contributed by atoms with Crippen molar-refractivity contribution in [2.24, 2.45) is 0 Å². The van der Waals surface area contributed by atoms with E-state index in [-0.39, 0.29) is 12.4 Å². The summed E-state index contributed by atoms with van der Waals surface area (Å²) in [6.45, 7) is 0.782. The highest BCUT2D eigenvalue weighted by Crippen LogP contribution is 2.24. The number of nitrogen functional groups attached to an aromatic ring is 1. The van der Waals surface area contributed by atoms with Crippen molar-refractivity contribution >= 4 is 24.0 Å². The van der Waals surface area contributed by atoms with Gasteiger partial charge in [0.1, 0.15) is 30.1 Å². The summed E-state index contributed by atoms with van der Waals surface area (Å²) in [5, 5.41) is 31.7. The van der Waals surface area contributed by atoms with Crippen molar-refractivity contribution < 1.29 is 29.6 Å². The molecule has 1 aliphatic heterocycles. The average molecular weight is 349 g/mol. The zero-order valence-electron chi connectivity index (χ0n) is 12.5. The lowest BCUT2D eigenvalue weighted by Crippen LogP contribution is -2.65. The fourth-order valence-electron chi connectivity index (χ4n) is 2.25. The van der Waals surface area contributed by atoms with Gasteiger partial charge in [0.05, 0.1) is 6.61 Å². The van der Waals surface area contributed by atoms with Crippen LogP contribution in [-0.4, -0.2) is 58.5 Å². The predicted octanol–water partition coefficient (Wildman–Crippen LogP) is -0.987. The van der Waals surface area contributed by atoms with Crippen LogP contribution in [0.3, 0.4) is 0 Å². The minimum absolute atomic E-state index is 0. The summed E-state index contributed by atoms with van der Waals surface area (Å²) in [7, 11) is 0. The minimum atomic E-state index is -1.34. The maximum absolute atomic E-state index is 11.3. The molecule has 1 saturated heterocycles. The van der Waals surface area contributed by atoms with E-state index in [0.717, 1.165) is 0 Å². The molecule has 0 radical (unpaired) electrons. The van der Waals surface area contributed by atoms with E-state index < -0.39 is 43.2 Å². The van der Waals surface area contributed by atoms with Crippen molar-refractivity contribution in [2.75, 3.05) is 12.3 Å². The molecule has 1 aliphatic rings. The molecular weight excluding hydrogens is 328 g/mol. The first-order valence-corrected chi connectivity index (χ1v) is 6.84. The predicted molar refractivity (Wildman–Crippen MR) is 84.1 cm³/mol. The van der Waals surface area contributed by atoms with Gasteiger partial charge in [-0.3, -0.25) is 4.79 Å². The number of aliphatic hydroxyl groups excluding tert-OH is 3. The van der Waals surface area contributed by atoms with Crippen LogP contribution in [0.4, 0.5) is 5.69 Å². The molecule has 0 aliphatic carbocycles. The van der Waals surface area contributed by atoms with Crippen LogP contribution in [-0.2, 0) is 9.53 Å². The van der Waals surface area contributed by atoms with E-state index in [0.29, 0.717) is 11.4 Å². The third kappa shape index (κ3) is 4.69. The highest BCUT2D eigenvalue weighted by Gasteiger charge is 2.46. The zero-order chi connectivity index (χ0) is 16.3. The van der Waals surface area contributed by atoms with Crippen molar-refractivity contribution in [2.45, 2.75) is 37.6 Å². The quantitative estimate of drug-likeness (QED) is 0.441. The maximum Gasteiger partial charge on any atom is 0.223 e. The number of hydrogen-bond donors (Lipinski definition) is 5. The summed E-state index contributed by atoms with van der Waals surface area (Å²) >= 11 is 0. The van der Waals surface area contributed by atoms with Crippen LogP contribution in [0.25, 0.3) is 0 Å². The smallest absolute Gasteiger partial charge is 0.223 e. The van der Waals surface area contributed by atoms with Crippen LogP contribution in [0.1, 0.15) is 6.92 Å². The lowest BCUT2D eigenvalue weighted by molar-refractivity contribution is -0.244. The Hall–Kier alpha value is -1.58. The second-order valence-corrected chi connectivity index (χ2v) is 5.12. The molecule has 5 atom stereocenters. The van der Waals surface area contributed by atoms with Crippen molar-refractivity contribution in [3.8, 4) is 5.75 Å². The number of hydrogen-bond acceptors (Lipinski definition) is 7. The van der Waals surface area contributed by atoms with Crippen molar-refractivity contribution in [3.63, 3.8) is 0 Å². The standard InChI is InChI=1S/C14H20N2O6.ClH/c1-7(18)16-11-13(20)12(19)10(6-17)22-14(11)21-9-4-2-8(15)3-5-9;/h2-5,10-14,17,19-20H,6,15H2,1H3,(H,16,18);1H/t10?,11?,12-,13?,14+;/m0./s1. The van der Waals surface area contributed by atoms with Gasteiger partial charge in [-0.05, 0) is 24.3 Å². The molecule has 1 aromatic carbocycles. The topological polar surface area (TPSA) is 134 Å². The molecule has 130 valence electrons. The number of benzene rings is 1. The first-order chi connectivity index (χ1) is 10.4. The Labute approximate surface area is 139 Å². The number of aliphatic hydroxyl groups is 3.